The predicted octanol–water partition coefficient (Wildman–Crippen LogP) is 2.22. The predicted molar refractivity (Wildman–Crippen MR) is 96.3 cm³/mol. The monoisotopic (exact) mass is 364 g/mol. The molecule has 0 radical (unpaired) electrons. The van der Waals surface area contributed by atoms with Crippen LogP contribution in [0, 0.1) is 5.41 Å². The second-order valence-electron chi connectivity index (χ2n) is 6.19. The average molecular weight is 364 g/mol. The Balaban J connectivity index is 2.52. The van der Waals surface area contributed by atoms with Crippen molar-refractivity contribution in [2.75, 3.05) is 18.5 Å². The number of alkyl carbamates (subject to hydrolysis) is 1. The number of hydrogen-bond acceptors (Lipinski definition) is 6. The molecule has 9 heteroatoms. The number of esters is 1. The van der Waals surface area contributed by atoms with Gasteiger partial charge in [0.25, 0.3) is 0 Å². The van der Waals surface area contributed by atoms with Crippen LogP contribution in [-0.2, 0) is 14.3 Å². The largest absolute Gasteiger partial charge is 0.465 e. The lowest BCUT2D eigenvalue weighted by Crippen LogP contribution is -2.36. The van der Waals surface area contributed by atoms with E-state index < -0.39 is 23.7 Å². The van der Waals surface area contributed by atoms with Gasteiger partial charge in [-0.3, -0.25) is 15.5 Å². The first-order valence-corrected chi connectivity index (χ1v) is 8.00. The second kappa shape index (κ2) is 9.40. The van der Waals surface area contributed by atoms with Gasteiger partial charge in [-0.15, -0.1) is 0 Å². The lowest BCUT2D eigenvalue weighted by molar-refractivity contribution is -0.141. The molecule has 0 saturated heterocycles. The Morgan fingerprint density at radius 2 is 1.73 bits per heavy atom. The number of amidine groups is 1. The van der Waals surface area contributed by atoms with E-state index in [1.54, 1.807) is 52.0 Å². The fourth-order valence-electron chi connectivity index (χ4n) is 1.74. The Morgan fingerprint density at radius 1 is 1.12 bits per heavy atom. The van der Waals surface area contributed by atoms with E-state index in [1.165, 1.54) is 0 Å². The highest BCUT2D eigenvalue weighted by Crippen LogP contribution is 2.10. The van der Waals surface area contributed by atoms with Crippen LogP contribution in [0.2, 0.25) is 0 Å². The number of carbonyl (C=O) groups excluding carboxylic acids is 3. The molecule has 0 unspecified atom stereocenters. The summed E-state index contributed by atoms with van der Waals surface area (Å²) in [6.45, 7) is 6.86. The van der Waals surface area contributed by atoms with Crippen LogP contribution in [0.4, 0.5) is 15.3 Å². The molecular formula is C17H24N4O5. The molecule has 1 aromatic rings. The van der Waals surface area contributed by atoms with Gasteiger partial charge in [-0.05, 0) is 52.0 Å². The standard InChI is InChI=1S/C17H24N4O5/c1-5-25-13(22)10-19-15(23)20-12-8-6-11(7-9-12)14(18)21-16(24)26-17(2,3)4/h6-9H,5,10H2,1-4H3,(H2,18,21,24)(H2,19,20,23). The van der Waals surface area contributed by atoms with Crippen molar-refractivity contribution < 1.29 is 23.9 Å². The minimum Gasteiger partial charge on any atom is -0.465 e. The van der Waals surface area contributed by atoms with Gasteiger partial charge in [0.05, 0.1) is 6.61 Å². The minimum absolute atomic E-state index is 0.127. The molecule has 3 amide bonds. The van der Waals surface area contributed by atoms with Crippen LogP contribution in [0.5, 0.6) is 0 Å². The number of anilines is 1. The lowest BCUT2D eigenvalue weighted by atomic mass is 10.2. The molecular weight excluding hydrogens is 340 g/mol. The molecule has 9 nitrogen and oxygen atoms in total. The van der Waals surface area contributed by atoms with Crippen molar-refractivity contribution >= 4 is 29.6 Å². The normalized spacial score (nSPS) is 10.5. The molecule has 0 spiro atoms. The number of ether oxygens (including phenoxy) is 2. The van der Waals surface area contributed by atoms with Gasteiger partial charge in [-0.1, -0.05) is 0 Å². The third kappa shape index (κ3) is 8.13. The molecule has 1 aromatic carbocycles. The van der Waals surface area contributed by atoms with Crippen LogP contribution in [0.25, 0.3) is 0 Å². The van der Waals surface area contributed by atoms with E-state index in [0.717, 1.165) is 0 Å². The average Bonchev–Trinajstić information content (AvgIpc) is 2.52. The zero-order valence-corrected chi connectivity index (χ0v) is 15.3. The van der Waals surface area contributed by atoms with Crippen molar-refractivity contribution in [2.45, 2.75) is 33.3 Å². The first-order chi connectivity index (χ1) is 12.1. The fourth-order valence-corrected chi connectivity index (χ4v) is 1.74. The molecule has 0 heterocycles. The van der Waals surface area contributed by atoms with Crippen molar-refractivity contribution in [3.8, 4) is 0 Å². The van der Waals surface area contributed by atoms with Crippen LogP contribution < -0.4 is 16.0 Å². The van der Waals surface area contributed by atoms with E-state index in [-0.39, 0.29) is 19.0 Å². The molecule has 0 aliphatic rings. The Kier molecular flexibility index (Phi) is 7.57. The summed E-state index contributed by atoms with van der Waals surface area (Å²) in [4.78, 5) is 34.5. The van der Waals surface area contributed by atoms with Crippen LogP contribution in [0.15, 0.2) is 24.3 Å². The van der Waals surface area contributed by atoms with Gasteiger partial charge in [0.1, 0.15) is 18.0 Å². The van der Waals surface area contributed by atoms with E-state index in [0.29, 0.717) is 11.3 Å². The fraction of sp³-hybridized carbons (Fsp3) is 0.412. The van der Waals surface area contributed by atoms with E-state index in [4.69, 9.17) is 14.9 Å². The number of rotatable bonds is 5. The number of nitrogens with one attached hydrogen (secondary N) is 4. The summed E-state index contributed by atoms with van der Waals surface area (Å²) in [7, 11) is 0. The third-order valence-corrected chi connectivity index (χ3v) is 2.76. The van der Waals surface area contributed by atoms with Crippen molar-refractivity contribution in [1.29, 1.82) is 5.41 Å². The zero-order valence-electron chi connectivity index (χ0n) is 15.3. The SMILES string of the molecule is CCOC(=O)CNC(=O)Nc1ccc(C(=N)NC(=O)OC(C)(C)C)cc1. The van der Waals surface area contributed by atoms with Crippen molar-refractivity contribution in [3.63, 3.8) is 0 Å². The Bertz CT molecular complexity index is 665. The summed E-state index contributed by atoms with van der Waals surface area (Å²) < 4.78 is 9.77. The highest BCUT2D eigenvalue weighted by Gasteiger charge is 2.17. The smallest absolute Gasteiger partial charge is 0.413 e. The summed E-state index contributed by atoms with van der Waals surface area (Å²) >= 11 is 0. The van der Waals surface area contributed by atoms with Crippen molar-refractivity contribution in [2.24, 2.45) is 0 Å². The van der Waals surface area contributed by atoms with Gasteiger partial charge in [0, 0.05) is 11.3 Å². The third-order valence-electron chi connectivity index (χ3n) is 2.76. The van der Waals surface area contributed by atoms with Crippen LogP contribution in [0.1, 0.15) is 33.3 Å². The Hall–Kier alpha value is -3.10. The van der Waals surface area contributed by atoms with Gasteiger partial charge in [0.15, 0.2) is 0 Å². The molecule has 0 saturated carbocycles. The molecule has 4 N–H and O–H groups in total. The number of benzene rings is 1. The van der Waals surface area contributed by atoms with Crippen LogP contribution in [0.3, 0.4) is 0 Å². The Labute approximate surface area is 151 Å². The molecule has 0 atom stereocenters. The van der Waals surface area contributed by atoms with Crippen LogP contribution >= 0.6 is 0 Å². The van der Waals surface area contributed by atoms with Crippen LogP contribution in [-0.4, -0.2) is 42.7 Å². The summed E-state index contributed by atoms with van der Waals surface area (Å²) in [5, 5.41) is 15.1. The van der Waals surface area contributed by atoms with E-state index in [2.05, 4.69) is 16.0 Å². The van der Waals surface area contributed by atoms with Crippen molar-refractivity contribution in [3.05, 3.63) is 29.8 Å². The van der Waals surface area contributed by atoms with E-state index in [1.807, 2.05) is 0 Å². The highest BCUT2D eigenvalue weighted by atomic mass is 16.6. The summed E-state index contributed by atoms with van der Waals surface area (Å²) in [6, 6.07) is 5.67. The Morgan fingerprint density at radius 3 is 2.27 bits per heavy atom. The maximum Gasteiger partial charge on any atom is 0.413 e. The molecule has 142 valence electrons. The van der Waals surface area contributed by atoms with Gasteiger partial charge >= 0.3 is 18.1 Å². The molecule has 0 bridgehead atoms. The number of hydrogen-bond donors (Lipinski definition) is 4. The van der Waals surface area contributed by atoms with Gasteiger partial charge in [-0.25, -0.2) is 9.59 Å². The molecule has 0 aromatic heterocycles. The van der Waals surface area contributed by atoms with E-state index >= 15 is 0 Å². The molecule has 26 heavy (non-hydrogen) atoms. The molecule has 1 rings (SSSR count). The topological polar surface area (TPSA) is 130 Å². The number of urea groups is 1. The maximum absolute atomic E-state index is 11.7. The second-order valence-corrected chi connectivity index (χ2v) is 6.19. The maximum atomic E-state index is 11.7. The molecule has 0 fully saturated rings. The van der Waals surface area contributed by atoms with Gasteiger partial charge in [0.2, 0.25) is 0 Å². The number of amides is 3. The summed E-state index contributed by atoms with van der Waals surface area (Å²) in [5.41, 5.74) is 0.239. The zero-order chi connectivity index (χ0) is 19.7. The number of carbonyl (C=O) groups is 3. The first-order valence-electron chi connectivity index (χ1n) is 8.00. The van der Waals surface area contributed by atoms with Crippen molar-refractivity contribution in [1.82, 2.24) is 10.6 Å². The minimum atomic E-state index is -0.719. The molecule has 0 aliphatic heterocycles. The van der Waals surface area contributed by atoms with E-state index in [9.17, 15) is 14.4 Å². The summed E-state index contributed by atoms with van der Waals surface area (Å²) in [5.74, 6) is -0.655. The van der Waals surface area contributed by atoms with Gasteiger partial charge < -0.3 is 20.1 Å². The highest BCUT2D eigenvalue weighted by molar-refractivity contribution is 6.04. The quantitative estimate of drug-likeness (QED) is 0.362. The first kappa shape index (κ1) is 20.9. The molecule has 0 aliphatic carbocycles. The lowest BCUT2D eigenvalue weighted by Gasteiger charge is -2.19. The summed E-state index contributed by atoms with van der Waals surface area (Å²) in [6.07, 6.45) is -0.719. The van der Waals surface area contributed by atoms with Gasteiger partial charge in [-0.2, -0.15) is 0 Å².